The minimum Gasteiger partial charge on any atom is -0.370 e. The molecule has 0 aliphatic carbocycles. The van der Waals surface area contributed by atoms with Gasteiger partial charge in [-0.2, -0.15) is 18.2 Å². The molecular weight excluding hydrogens is 665 g/mol. The number of aromatic amines is 1. The third-order valence-corrected chi connectivity index (χ3v) is 8.80. The average molecular weight is 725 g/mol. The lowest BCUT2D eigenvalue weighted by Gasteiger charge is -2.22. The number of nitrogens with zero attached hydrogens (tertiary/aromatic N) is 3. The normalized spacial score (nSPS) is 13.4. The summed E-state index contributed by atoms with van der Waals surface area (Å²) in [6.07, 6.45) is 2.78. The van der Waals surface area contributed by atoms with Crippen molar-refractivity contribution in [2.24, 2.45) is 22.2 Å². The monoisotopic (exact) mass is 724 g/mol. The minimum absolute atomic E-state index is 0.0409. The van der Waals surface area contributed by atoms with Crippen LogP contribution in [0.25, 0.3) is 16.7 Å². The number of H-pyrrole nitrogens is 1. The molecule has 2 heterocycles. The zero-order valence-electron chi connectivity index (χ0n) is 32.1. The number of halogens is 3. The van der Waals surface area contributed by atoms with Gasteiger partial charge in [-0.25, -0.2) is 4.79 Å². The molecule has 9 nitrogen and oxygen atoms in total. The quantitative estimate of drug-likeness (QED) is 0.0540. The predicted molar refractivity (Wildman–Crippen MR) is 208 cm³/mol. The van der Waals surface area contributed by atoms with E-state index >= 15 is 0 Å². The van der Waals surface area contributed by atoms with Crippen LogP contribution in [0.5, 0.6) is 0 Å². The van der Waals surface area contributed by atoms with Gasteiger partial charge in [0.15, 0.2) is 5.96 Å². The van der Waals surface area contributed by atoms with Gasteiger partial charge in [0.2, 0.25) is 0 Å². The van der Waals surface area contributed by atoms with Gasteiger partial charge in [-0.05, 0) is 98.0 Å². The second kappa shape index (κ2) is 18.1. The van der Waals surface area contributed by atoms with Crippen molar-refractivity contribution in [3.63, 3.8) is 0 Å². The summed E-state index contributed by atoms with van der Waals surface area (Å²) >= 11 is 0. The molecule has 4 aromatic rings. The number of fused-ring (bicyclic) bond motifs is 1. The van der Waals surface area contributed by atoms with Gasteiger partial charge in [-0.15, -0.1) is 0 Å². The molecule has 0 radical (unpaired) electrons. The van der Waals surface area contributed by atoms with Crippen molar-refractivity contribution in [2.45, 2.75) is 123 Å². The van der Waals surface area contributed by atoms with E-state index in [9.17, 15) is 18.0 Å². The van der Waals surface area contributed by atoms with E-state index in [4.69, 9.17) is 17.2 Å². The number of aliphatic imine (C=N–C) groups is 1. The molecule has 0 spiro atoms. The molecule has 8 N–H and O–H groups in total. The largest absolute Gasteiger partial charge is 0.416 e. The molecule has 0 saturated carbocycles. The van der Waals surface area contributed by atoms with Crippen LogP contribution in [0.15, 0.2) is 64.5 Å². The van der Waals surface area contributed by atoms with E-state index in [2.05, 4.69) is 66.2 Å². The molecule has 4 rings (SSSR count). The topological polar surface area (TPSA) is 153 Å². The maximum Gasteiger partial charge on any atom is 0.416 e. The van der Waals surface area contributed by atoms with Crippen LogP contribution in [0.1, 0.15) is 121 Å². The molecule has 12 heteroatoms. The first-order valence-electron chi connectivity index (χ1n) is 18.2. The number of alkyl halides is 3. The first kappa shape index (κ1) is 42.3. The number of aromatic nitrogens is 3. The van der Waals surface area contributed by atoms with E-state index in [1.54, 1.807) is 4.57 Å². The van der Waals surface area contributed by atoms with Crippen LogP contribution in [0, 0.1) is 0 Å². The summed E-state index contributed by atoms with van der Waals surface area (Å²) in [7, 11) is 0. The van der Waals surface area contributed by atoms with Crippen molar-refractivity contribution in [3.8, 4) is 5.69 Å². The lowest BCUT2D eigenvalue weighted by Crippen LogP contribution is -2.25. The van der Waals surface area contributed by atoms with Gasteiger partial charge in [0.25, 0.3) is 0 Å². The van der Waals surface area contributed by atoms with Gasteiger partial charge in [0.05, 0.1) is 11.3 Å². The third-order valence-electron chi connectivity index (χ3n) is 8.80. The number of nitrogens with two attached hydrogens (primary N) is 3. The Kier molecular flexibility index (Phi) is 14.7. The summed E-state index contributed by atoms with van der Waals surface area (Å²) < 4.78 is 40.5. The first-order chi connectivity index (χ1) is 24.2. The molecule has 2 atom stereocenters. The number of aryl methyl sites for hydroxylation is 1. The van der Waals surface area contributed by atoms with Crippen LogP contribution in [0.3, 0.4) is 0 Å². The van der Waals surface area contributed by atoms with E-state index in [0.717, 1.165) is 66.5 Å². The Bertz CT molecular complexity index is 1770. The van der Waals surface area contributed by atoms with Crippen molar-refractivity contribution in [1.82, 2.24) is 19.9 Å². The Morgan fingerprint density at radius 1 is 0.942 bits per heavy atom. The highest BCUT2D eigenvalue weighted by atomic mass is 19.4. The highest BCUT2D eigenvalue weighted by Crippen LogP contribution is 2.34. The van der Waals surface area contributed by atoms with Crippen LogP contribution in [-0.2, 0) is 23.4 Å². The number of benzene rings is 2. The van der Waals surface area contributed by atoms with Crippen molar-refractivity contribution >= 4 is 17.0 Å². The predicted octanol–water partition coefficient (Wildman–Crippen LogP) is 7.78. The van der Waals surface area contributed by atoms with E-state index < -0.39 is 11.7 Å². The summed E-state index contributed by atoms with van der Waals surface area (Å²) in [4.78, 5) is 24.2. The number of rotatable bonds is 13. The summed E-state index contributed by atoms with van der Waals surface area (Å²) in [6, 6.07) is 14.9. The van der Waals surface area contributed by atoms with Crippen LogP contribution in [-0.4, -0.2) is 39.6 Å². The van der Waals surface area contributed by atoms with Crippen LogP contribution >= 0.6 is 0 Å². The molecule has 2 aromatic carbocycles. The summed E-state index contributed by atoms with van der Waals surface area (Å²) in [5.41, 5.74) is 20.4. The van der Waals surface area contributed by atoms with Gasteiger partial charge in [-0.3, -0.25) is 9.56 Å². The van der Waals surface area contributed by atoms with Gasteiger partial charge in [0, 0.05) is 41.3 Å². The molecule has 0 bridgehead atoms. The molecule has 0 amide bonds. The van der Waals surface area contributed by atoms with E-state index in [1.807, 2.05) is 52.1 Å². The number of hydrogen-bond donors (Lipinski definition) is 5. The Morgan fingerprint density at radius 3 is 2.15 bits per heavy atom. The Morgan fingerprint density at radius 2 is 1.60 bits per heavy atom. The SMILES string of the molecule is CCC[C@H](NCCCN=C(N)N)c1ccc(-n2cc3cc(C(C)(C)C)[nH]c3nc2=O)cc1.C[C@H](N)CCCc1cc(C(C)(C)C)cc(C(F)(F)F)c1. The average Bonchev–Trinajstić information content (AvgIpc) is 3.47. The molecular formula is C40H59F3N8O. The highest BCUT2D eigenvalue weighted by molar-refractivity contribution is 5.76. The smallest absolute Gasteiger partial charge is 0.370 e. The first-order valence-corrected chi connectivity index (χ1v) is 18.2. The highest BCUT2D eigenvalue weighted by Gasteiger charge is 2.32. The van der Waals surface area contributed by atoms with Crippen molar-refractivity contribution in [1.29, 1.82) is 0 Å². The molecule has 286 valence electrons. The molecule has 0 saturated heterocycles. The fourth-order valence-corrected chi connectivity index (χ4v) is 5.75. The fraction of sp³-hybridized carbons (Fsp3) is 0.525. The lowest BCUT2D eigenvalue weighted by atomic mass is 9.84. The second-order valence-corrected chi connectivity index (χ2v) is 15.7. The molecule has 0 unspecified atom stereocenters. The van der Waals surface area contributed by atoms with Gasteiger partial charge in [-0.1, -0.05) is 73.1 Å². The lowest BCUT2D eigenvalue weighted by molar-refractivity contribution is -0.137. The zero-order chi connectivity index (χ0) is 38.9. The second-order valence-electron chi connectivity index (χ2n) is 15.7. The maximum absolute atomic E-state index is 13.0. The van der Waals surface area contributed by atoms with Gasteiger partial charge in [0.1, 0.15) is 5.65 Å². The maximum atomic E-state index is 13.0. The van der Waals surface area contributed by atoms with E-state index in [0.29, 0.717) is 18.6 Å². The van der Waals surface area contributed by atoms with Crippen LogP contribution < -0.4 is 28.2 Å². The molecule has 0 aliphatic rings. The van der Waals surface area contributed by atoms with Gasteiger partial charge < -0.3 is 27.5 Å². The zero-order valence-corrected chi connectivity index (χ0v) is 32.1. The molecule has 2 aromatic heterocycles. The number of hydrogen-bond acceptors (Lipinski definition) is 5. The van der Waals surface area contributed by atoms with Gasteiger partial charge >= 0.3 is 11.9 Å². The Labute approximate surface area is 306 Å². The summed E-state index contributed by atoms with van der Waals surface area (Å²) in [6.45, 7) is 17.7. The van der Waals surface area contributed by atoms with Crippen molar-refractivity contribution < 1.29 is 13.2 Å². The Balaban J connectivity index is 0.000000314. The third kappa shape index (κ3) is 12.8. The summed E-state index contributed by atoms with van der Waals surface area (Å²) in [5.74, 6) is 0.128. The van der Waals surface area contributed by atoms with Crippen molar-refractivity contribution in [2.75, 3.05) is 13.1 Å². The summed E-state index contributed by atoms with van der Waals surface area (Å²) in [5, 5.41) is 4.51. The fourth-order valence-electron chi connectivity index (χ4n) is 5.75. The van der Waals surface area contributed by atoms with Crippen LogP contribution in [0.2, 0.25) is 0 Å². The molecule has 0 aliphatic heterocycles. The Hall–Kier alpha value is -4.16. The minimum atomic E-state index is -4.29. The number of guanidine groups is 1. The number of nitrogens with one attached hydrogen (secondary N) is 2. The molecule has 52 heavy (non-hydrogen) atoms. The van der Waals surface area contributed by atoms with Crippen LogP contribution in [0.4, 0.5) is 13.2 Å². The standard InChI is InChI=1S/C24H35N7O.C16H24F3N/c1-5-7-19(27-12-6-13-28-22(25)26)16-8-10-18(11-9-16)31-15-17-14-20(24(2,3)4)29-21(17)30-23(31)32;1-11(20)6-5-7-12-8-13(15(2,3)4)10-14(9-12)16(17,18)19/h8-11,14-15,19,27H,5-7,12-13H2,1-4H3,(H4,25,26,28)(H,29,30,32);8-11H,5-7,20H2,1-4H3/t19-;11-/m00/s1. The van der Waals surface area contributed by atoms with Crippen molar-refractivity contribution in [3.05, 3.63) is 93.2 Å². The van der Waals surface area contributed by atoms with E-state index in [-0.39, 0.29) is 34.6 Å². The molecule has 0 fully saturated rings. The van der Waals surface area contributed by atoms with E-state index in [1.165, 1.54) is 17.7 Å².